The Kier molecular flexibility index (Phi) is 14.8. The predicted octanol–water partition coefficient (Wildman–Crippen LogP) is 9.64. The van der Waals surface area contributed by atoms with E-state index < -0.39 is 53.3 Å². The number of thiophene rings is 1. The van der Waals surface area contributed by atoms with E-state index in [1.54, 1.807) is 44.2 Å². The maximum absolute atomic E-state index is 17.2. The Hall–Kier alpha value is -7.09. The lowest BCUT2D eigenvalue weighted by atomic mass is 9.72. The van der Waals surface area contributed by atoms with Crippen LogP contribution in [-0.4, -0.2) is 125 Å². The Morgan fingerprint density at radius 3 is 2.35 bits per heavy atom. The van der Waals surface area contributed by atoms with Crippen molar-refractivity contribution in [3.8, 4) is 34.3 Å². The minimum atomic E-state index is -0.942. The number of likely N-dealkylation sites (tertiary alicyclic amines) is 2. The molecule has 5 N–H and O–H groups in total. The lowest BCUT2D eigenvalue weighted by Gasteiger charge is -2.54. The highest BCUT2D eigenvalue weighted by Crippen LogP contribution is 2.47. The summed E-state index contributed by atoms with van der Waals surface area (Å²) in [4.78, 5) is 45.9. The van der Waals surface area contributed by atoms with Crippen LogP contribution in [0, 0.1) is 52.9 Å². The van der Waals surface area contributed by atoms with E-state index in [9.17, 15) is 28.7 Å². The van der Waals surface area contributed by atoms with Crippen LogP contribution in [0.3, 0.4) is 0 Å². The van der Waals surface area contributed by atoms with E-state index in [0.29, 0.717) is 59.1 Å². The summed E-state index contributed by atoms with van der Waals surface area (Å²) in [7, 11) is 0. The molecule has 2 unspecified atom stereocenters. The molecule has 5 aliphatic heterocycles. The number of nitriles is 1. The Morgan fingerprint density at radius 1 is 0.963 bits per heavy atom. The normalized spacial score (nSPS) is 21.4. The molecule has 3 aromatic heterocycles. The molecule has 2 amide bonds. The Morgan fingerprint density at radius 2 is 1.67 bits per heavy atom. The molecule has 82 heavy (non-hydrogen) atoms. The molecule has 12 rings (SSSR count). The molecular formula is C60H62ClF4N11O5S. The summed E-state index contributed by atoms with van der Waals surface area (Å²) >= 11 is 7.87. The van der Waals surface area contributed by atoms with Crippen LogP contribution >= 0.6 is 22.9 Å². The number of aromatic nitrogens is 3. The van der Waals surface area contributed by atoms with Crippen molar-refractivity contribution in [1.82, 2.24) is 35.6 Å². The van der Waals surface area contributed by atoms with Crippen molar-refractivity contribution in [3.05, 3.63) is 111 Å². The van der Waals surface area contributed by atoms with Crippen molar-refractivity contribution in [3.63, 3.8) is 0 Å². The van der Waals surface area contributed by atoms with E-state index in [0.717, 1.165) is 63.2 Å². The summed E-state index contributed by atoms with van der Waals surface area (Å²) < 4.78 is 74.1. The lowest BCUT2D eigenvalue weighted by Crippen LogP contribution is -2.60. The molecule has 6 atom stereocenters. The topological polar surface area (TPSA) is 202 Å². The number of amides is 2. The molecule has 8 heterocycles. The van der Waals surface area contributed by atoms with Gasteiger partial charge in [-0.3, -0.25) is 14.5 Å². The van der Waals surface area contributed by atoms with Gasteiger partial charge in [0.25, 0.3) is 0 Å². The first-order valence-corrected chi connectivity index (χ1v) is 29.1. The molecule has 5 saturated heterocycles. The van der Waals surface area contributed by atoms with Gasteiger partial charge in [0, 0.05) is 85.6 Å². The number of nitrogen functional groups attached to an aromatic ring is 1. The van der Waals surface area contributed by atoms with Crippen LogP contribution < -0.4 is 30.9 Å². The van der Waals surface area contributed by atoms with Crippen molar-refractivity contribution in [2.24, 2.45) is 11.3 Å². The maximum atomic E-state index is 17.2. The van der Waals surface area contributed by atoms with Crippen molar-refractivity contribution in [1.29, 1.82) is 5.26 Å². The number of rotatable bonds is 14. The van der Waals surface area contributed by atoms with Crippen molar-refractivity contribution in [2.45, 2.75) is 96.0 Å². The van der Waals surface area contributed by atoms with Crippen LogP contribution in [0.25, 0.3) is 43.2 Å². The van der Waals surface area contributed by atoms with Crippen LogP contribution in [0.4, 0.5) is 34.2 Å². The standard InChI is InChI=1S/C60H62ClF4N11O5S/c1-30(2)48(58(79)76-27-37(77)21-45(76)57(78)68-32(4)33-5-7-34(8-6-33)49-43(63)19-31(3)20-44(49)64)46-23-47(72-81-46)75-28-60(29-75)13-15-73(16-14-60)17-18-80-59-70-53-39(56(71-59)74-25-35-9-10-36(26-74)69-35)22-41(61)51(52(53)65)38-11-12-42(62)54-50(38)40(24-66)55(67)82-54/h5-8,11-12,19-20,22-23,30,32,35-37,45,48,69,77H,9-10,13-18,21,25-29,67H2,1-4H3,(H,68,78)/t32-,35?,36?,37+,45-,48+/m0/s1. The number of anilines is 3. The predicted molar refractivity (Wildman–Crippen MR) is 306 cm³/mol. The number of aliphatic hydroxyl groups is 1. The highest BCUT2D eigenvalue weighted by atomic mass is 35.5. The SMILES string of the molecule is Cc1cc(F)c(-c2ccc([C@H](C)NC(=O)[C@@H]3C[C@@H](O)CN3C(=O)[C@@H](c3cc(N4CC5(CCN(CCOc6nc(N7CC8CCC(C7)N8)c7cc(Cl)c(-c8ccc(F)c9sc(N)c(C#N)c89)c(F)c7n6)CC5)C4)no3)C(C)C)cc2)c(F)c1. The largest absolute Gasteiger partial charge is 0.462 e. The van der Waals surface area contributed by atoms with E-state index in [-0.39, 0.29) is 103 Å². The van der Waals surface area contributed by atoms with E-state index in [4.69, 9.17) is 31.6 Å². The van der Waals surface area contributed by atoms with Gasteiger partial charge >= 0.3 is 6.01 Å². The second-order valence-electron chi connectivity index (χ2n) is 23.3. The first-order chi connectivity index (χ1) is 39.3. The number of nitrogens with two attached hydrogens (primary N) is 1. The van der Waals surface area contributed by atoms with Gasteiger partial charge in [-0.25, -0.2) is 17.6 Å². The number of piperidine rings is 1. The molecule has 2 bridgehead atoms. The number of fused-ring (bicyclic) bond motifs is 4. The summed E-state index contributed by atoms with van der Waals surface area (Å²) in [6.07, 6.45) is 3.03. The summed E-state index contributed by atoms with van der Waals surface area (Å²) in [6.45, 7) is 12.5. The molecule has 5 fully saturated rings. The smallest absolute Gasteiger partial charge is 0.319 e. The van der Waals surface area contributed by atoms with E-state index in [1.165, 1.54) is 29.2 Å². The second-order valence-corrected chi connectivity index (χ2v) is 24.7. The highest BCUT2D eigenvalue weighted by Gasteiger charge is 2.47. The monoisotopic (exact) mass is 1160 g/mol. The first-order valence-electron chi connectivity index (χ1n) is 27.9. The van der Waals surface area contributed by atoms with E-state index in [1.807, 2.05) is 19.9 Å². The van der Waals surface area contributed by atoms with Crippen molar-refractivity contribution < 1.29 is 41.5 Å². The van der Waals surface area contributed by atoms with Gasteiger partial charge in [-0.2, -0.15) is 15.2 Å². The minimum Gasteiger partial charge on any atom is -0.462 e. The third-order valence-corrected chi connectivity index (χ3v) is 18.7. The summed E-state index contributed by atoms with van der Waals surface area (Å²) in [5.74, 6) is -2.91. The quantitative estimate of drug-likeness (QED) is 0.0750. The number of carbonyl (C=O) groups excluding carboxylic acids is 2. The zero-order valence-electron chi connectivity index (χ0n) is 45.7. The van der Waals surface area contributed by atoms with Gasteiger partial charge in [0.2, 0.25) is 11.8 Å². The van der Waals surface area contributed by atoms with Crippen LogP contribution in [0.15, 0.2) is 65.2 Å². The number of hydrogen-bond donors (Lipinski definition) is 4. The minimum absolute atomic E-state index is 0.00327. The molecule has 5 aliphatic rings. The number of aryl methyl sites for hydroxylation is 1. The van der Waals surface area contributed by atoms with Gasteiger partial charge in [-0.1, -0.05) is 60.9 Å². The molecule has 4 aromatic carbocycles. The number of hydrogen-bond acceptors (Lipinski definition) is 15. The van der Waals surface area contributed by atoms with Crippen LogP contribution in [0.1, 0.15) is 87.3 Å². The summed E-state index contributed by atoms with van der Waals surface area (Å²) in [5.41, 5.74) is 7.86. The molecule has 16 nitrogen and oxygen atoms in total. The Bertz CT molecular complexity index is 3660. The Labute approximate surface area is 480 Å². The van der Waals surface area contributed by atoms with Gasteiger partial charge in [-0.15, -0.1) is 11.3 Å². The van der Waals surface area contributed by atoms with Crippen LogP contribution in [-0.2, 0) is 9.59 Å². The third-order valence-electron chi connectivity index (χ3n) is 17.4. The molecule has 428 valence electrons. The number of β-amino-alcohol motifs (C(OH)–C–C–N with tert-alkyl or cyclic N) is 1. The number of nitrogens with one attached hydrogen (secondary N) is 2. The lowest BCUT2D eigenvalue weighted by molar-refractivity contribution is -0.141. The second kappa shape index (κ2) is 21.9. The van der Waals surface area contributed by atoms with Gasteiger partial charge in [0.1, 0.15) is 58.4 Å². The number of benzene rings is 4. The van der Waals surface area contributed by atoms with Gasteiger partial charge < -0.3 is 45.4 Å². The Balaban J connectivity index is 0.676. The number of halogens is 5. The fourth-order valence-corrected chi connectivity index (χ4v) is 14.3. The van der Waals surface area contributed by atoms with Crippen molar-refractivity contribution in [2.75, 3.05) is 74.5 Å². The summed E-state index contributed by atoms with van der Waals surface area (Å²) in [6, 6.07) is 16.4. The van der Waals surface area contributed by atoms with Gasteiger partial charge in [-0.05, 0) is 105 Å². The van der Waals surface area contributed by atoms with Gasteiger partial charge in [0.15, 0.2) is 17.4 Å². The van der Waals surface area contributed by atoms with Gasteiger partial charge in [0.05, 0.1) is 33.0 Å². The molecule has 7 aromatic rings. The molecule has 22 heteroatoms. The van der Waals surface area contributed by atoms with Crippen LogP contribution in [0.2, 0.25) is 5.02 Å². The molecule has 1 spiro atoms. The first kappa shape index (κ1) is 55.4. The average molecular weight is 1160 g/mol. The zero-order chi connectivity index (χ0) is 57.5. The number of aliphatic hydroxyl groups excluding tert-OH is 1. The molecule has 0 saturated carbocycles. The molecule has 0 aliphatic carbocycles. The summed E-state index contributed by atoms with van der Waals surface area (Å²) in [5, 5.41) is 32.7. The fourth-order valence-electron chi connectivity index (χ4n) is 13.1. The molecule has 0 radical (unpaired) electrons. The van der Waals surface area contributed by atoms with E-state index in [2.05, 4.69) is 41.5 Å². The van der Waals surface area contributed by atoms with Crippen molar-refractivity contribution >= 4 is 72.4 Å². The maximum Gasteiger partial charge on any atom is 0.319 e. The number of ether oxygens (including phenoxy) is 1. The average Bonchev–Trinajstić information content (AvgIpc) is 2.04. The highest BCUT2D eigenvalue weighted by molar-refractivity contribution is 7.23. The fraction of sp³-hybridized carbons (Fsp3) is 0.433. The zero-order valence-corrected chi connectivity index (χ0v) is 47.3. The number of nitrogens with zero attached hydrogens (tertiary/aromatic N) is 8. The third kappa shape index (κ3) is 10.2. The number of carbonyl (C=O) groups is 2. The molecular weight excluding hydrogens is 1100 g/mol. The van der Waals surface area contributed by atoms with E-state index >= 15 is 8.78 Å². The number of piperazine rings is 1. The van der Waals surface area contributed by atoms with Crippen LogP contribution in [0.5, 0.6) is 6.01 Å².